The van der Waals surface area contributed by atoms with Crippen molar-refractivity contribution in [2.45, 2.75) is 45.6 Å². The van der Waals surface area contributed by atoms with E-state index in [1.54, 1.807) is 0 Å². The Morgan fingerprint density at radius 1 is 1.46 bits per heavy atom. The third kappa shape index (κ3) is 2.59. The standard InChI is InChI=1S/C9H20N4/c1-9(2)6-4-3-5-7(9)12-8(10)13-11/h7H,3-6,11H2,1-2H3,(H3,10,12,13). The molecule has 0 amide bonds. The van der Waals surface area contributed by atoms with E-state index in [1.807, 2.05) is 0 Å². The lowest BCUT2D eigenvalue weighted by Gasteiger charge is -2.36. The molecule has 0 aliphatic heterocycles. The zero-order valence-electron chi connectivity index (χ0n) is 8.51. The summed E-state index contributed by atoms with van der Waals surface area (Å²) >= 11 is 0. The Hall–Kier alpha value is -0.770. The number of nitrogens with one attached hydrogen (secondary N) is 1. The molecular weight excluding hydrogens is 164 g/mol. The summed E-state index contributed by atoms with van der Waals surface area (Å²) < 4.78 is 0. The maximum atomic E-state index is 5.54. The molecular formula is C9H20N4. The first kappa shape index (κ1) is 10.3. The van der Waals surface area contributed by atoms with Gasteiger partial charge in [0.15, 0.2) is 0 Å². The summed E-state index contributed by atoms with van der Waals surface area (Å²) in [5.74, 6) is 5.52. The van der Waals surface area contributed by atoms with Crippen molar-refractivity contribution in [1.82, 2.24) is 5.43 Å². The van der Waals surface area contributed by atoms with E-state index in [4.69, 9.17) is 11.6 Å². The first-order chi connectivity index (χ1) is 6.06. The van der Waals surface area contributed by atoms with Crippen LogP contribution in [0.2, 0.25) is 0 Å². The summed E-state index contributed by atoms with van der Waals surface area (Å²) in [4.78, 5) is 4.37. The van der Waals surface area contributed by atoms with Gasteiger partial charge in [-0.3, -0.25) is 5.43 Å². The smallest absolute Gasteiger partial charge is 0.203 e. The van der Waals surface area contributed by atoms with Gasteiger partial charge in [-0.2, -0.15) is 0 Å². The number of hydrogen-bond acceptors (Lipinski definition) is 2. The Morgan fingerprint density at radius 2 is 2.15 bits per heavy atom. The van der Waals surface area contributed by atoms with Crippen LogP contribution in [0.3, 0.4) is 0 Å². The summed E-state index contributed by atoms with van der Waals surface area (Å²) in [6.45, 7) is 4.48. The Balaban J connectivity index is 2.66. The third-order valence-electron chi connectivity index (χ3n) is 2.89. The van der Waals surface area contributed by atoms with E-state index < -0.39 is 0 Å². The fourth-order valence-corrected chi connectivity index (χ4v) is 1.92. The van der Waals surface area contributed by atoms with Gasteiger partial charge in [0.1, 0.15) is 0 Å². The van der Waals surface area contributed by atoms with Crippen LogP contribution >= 0.6 is 0 Å². The average molecular weight is 184 g/mol. The molecule has 0 bridgehead atoms. The zero-order chi connectivity index (χ0) is 9.90. The van der Waals surface area contributed by atoms with Gasteiger partial charge in [0.05, 0.1) is 6.04 Å². The van der Waals surface area contributed by atoms with E-state index in [-0.39, 0.29) is 5.41 Å². The fraction of sp³-hybridized carbons (Fsp3) is 0.889. The molecule has 0 saturated heterocycles. The van der Waals surface area contributed by atoms with Crippen LogP contribution < -0.4 is 17.0 Å². The molecule has 0 radical (unpaired) electrons. The van der Waals surface area contributed by atoms with Crippen LogP contribution in [0.5, 0.6) is 0 Å². The third-order valence-corrected chi connectivity index (χ3v) is 2.89. The van der Waals surface area contributed by atoms with Gasteiger partial charge in [0.2, 0.25) is 5.96 Å². The Kier molecular flexibility index (Phi) is 3.14. The molecule has 1 unspecified atom stereocenters. The molecule has 0 aromatic heterocycles. The molecule has 1 saturated carbocycles. The largest absolute Gasteiger partial charge is 0.369 e. The number of rotatable bonds is 1. The van der Waals surface area contributed by atoms with Crippen LogP contribution in [-0.4, -0.2) is 12.0 Å². The maximum Gasteiger partial charge on any atom is 0.203 e. The van der Waals surface area contributed by atoms with E-state index in [9.17, 15) is 0 Å². The molecule has 4 nitrogen and oxygen atoms in total. The van der Waals surface area contributed by atoms with Gasteiger partial charge in [-0.15, -0.1) is 0 Å². The molecule has 1 fully saturated rings. The Labute approximate surface area is 79.7 Å². The van der Waals surface area contributed by atoms with Gasteiger partial charge in [-0.1, -0.05) is 26.7 Å². The molecule has 1 aliphatic carbocycles. The van der Waals surface area contributed by atoms with Crippen molar-refractivity contribution in [2.24, 2.45) is 22.0 Å². The summed E-state index contributed by atoms with van der Waals surface area (Å²) in [7, 11) is 0. The Morgan fingerprint density at radius 3 is 2.69 bits per heavy atom. The van der Waals surface area contributed by atoms with E-state index in [1.165, 1.54) is 19.3 Å². The minimum Gasteiger partial charge on any atom is -0.369 e. The van der Waals surface area contributed by atoms with Gasteiger partial charge >= 0.3 is 0 Å². The predicted octanol–water partition coefficient (Wildman–Crippen LogP) is 0.733. The van der Waals surface area contributed by atoms with Crippen molar-refractivity contribution < 1.29 is 0 Å². The topological polar surface area (TPSA) is 76.4 Å². The maximum absolute atomic E-state index is 5.54. The van der Waals surface area contributed by atoms with Crippen LogP contribution in [0.4, 0.5) is 0 Å². The predicted molar refractivity (Wildman–Crippen MR) is 55.0 cm³/mol. The first-order valence-corrected chi connectivity index (χ1v) is 4.86. The summed E-state index contributed by atoms with van der Waals surface area (Å²) in [5, 5.41) is 0. The highest BCUT2D eigenvalue weighted by Crippen LogP contribution is 2.37. The second-order valence-corrected chi connectivity index (χ2v) is 4.41. The summed E-state index contributed by atoms with van der Waals surface area (Å²) in [5.41, 5.74) is 8.18. The van der Waals surface area contributed by atoms with Gasteiger partial charge in [0, 0.05) is 0 Å². The lowest BCUT2D eigenvalue weighted by atomic mass is 9.73. The van der Waals surface area contributed by atoms with Crippen molar-refractivity contribution in [3.63, 3.8) is 0 Å². The molecule has 4 heteroatoms. The lowest BCUT2D eigenvalue weighted by Crippen LogP contribution is -2.41. The van der Waals surface area contributed by atoms with E-state index in [0.717, 1.165) is 6.42 Å². The second-order valence-electron chi connectivity index (χ2n) is 4.41. The molecule has 0 spiro atoms. The SMILES string of the molecule is CC1(C)CCCCC1N=C(N)NN. The number of aliphatic imine (C=N–C) groups is 1. The lowest BCUT2D eigenvalue weighted by molar-refractivity contribution is 0.203. The van der Waals surface area contributed by atoms with Gasteiger partial charge in [-0.25, -0.2) is 10.8 Å². The van der Waals surface area contributed by atoms with Crippen molar-refractivity contribution in [2.75, 3.05) is 0 Å². The van der Waals surface area contributed by atoms with Gasteiger partial charge < -0.3 is 5.73 Å². The van der Waals surface area contributed by atoms with Crippen molar-refractivity contribution >= 4 is 5.96 Å². The van der Waals surface area contributed by atoms with Crippen molar-refractivity contribution in [1.29, 1.82) is 0 Å². The zero-order valence-corrected chi connectivity index (χ0v) is 8.51. The van der Waals surface area contributed by atoms with Gasteiger partial charge in [-0.05, 0) is 18.3 Å². The quantitative estimate of drug-likeness (QED) is 0.243. The molecule has 0 aromatic rings. The molecule has 76 valence electrons. The molecule has 0 aromatic carbocycles. The molecule has 0 heterocycles. The van der Waals surface area contributed by atoms with Crippen LogP contribution in [0.1, 0.15) is 39.5 Å². The number of hydrazine groups is 1. The van der Waals surface area contributed by atoms with E-state index in [0.29, 0.717) is 12.0 Å². The molecule has 5 N–H and O–H groups in total. The highest BCUT2D eigenvalue weighted by atomic mass is 15.3. The monoisotopic (exact) mass is 184 g/mol. The van der Waals surface area contributed by atoms with Crippen molar-refractivity contribution in [3.05, 3.63) is 0 Å². The normalized spacial score (nSPS) is 28.5. The van der Waals surface area contributed by atoms with Crippen LogP contribution in [-0.2, 0) is 0 Å². The van der Waals surface area contributed by atoms with Crippen LogP contribution in [0.25, 0.3) is 0 Å². The molecule has 1 atom stereocenters. The number of nitrogens with zero attached hydrogens (tertiary/aromatic N) is 1. The average Bonchev–Trinajstić information content (AvgIpc) is 2.08. The van der Waals surface area contributed by atoms with E-state index >= 15 is 0 Å². The van der Waals surface area contributed by atoms with Crippen LogP contribution in [0, 0.1) is 5.41 Å². The number of guanidine groups is 1. The number of nitrogens with two attached hydrogens (primary N) is 2. The minimum atomic E-state index is 0.264. The first-order valence-electron chi connectivity index (χ1n) is 4.86. The van der Waals surface area contributed by atoms with Crippen LogP contribution in [0.15, 0.2) is 4.99 Å². The molecule has 1 aliphatic rings. The minimum absolute atomic E-state index is 0.264. The summed E-state index contributed by atoms with van der Waals surface area (Å²) in [6, 6.07) is 0.317. The van der Waals surface area contributed by atoms with Gasteiger partial charge in [0.25, 0.3) is 0 Å². The highest BCUT2D eigenvalue weighted by Gasteiger charge is 2.31. The summed E-state index contributed by atoms with van der Waals surface area (Å²) in [6.07, 6.45) is 4.89. The second kappa shape index (κ2) is 3.96. The van der Waals surface area contributed by atoms with E-state index in [2.05, 4.69) is 24.3 Å². The molecule has 13 heavy (non-hydrogen) atoms. The number of hydrogen-bond donors (Lipinski definition) is 3. The van der Waals surface area contributed by atoms with Crippen molar-refractivity contribution in [3.8, 4) is 0 Å². The Bertz CT molecular complexity index is 198. The highest BCUT2D eigenvalue weighted by molar-refractivity contribution is 5.77. The fourth-order valence-electron chi connectivity index (χ4n) is 1.92. The molecule has 1 rings (SSSR count).